The van der Waals surface area contributed by atoms with Crippen molar-refractivity contribution in [3.63, 3.8) is 0 Å². The van der Waals surface area contributed by atoms with Gasteiger partial charge in [-0.2, -0.15) is 0 Å². The van der Waals surface area contributed by atoms with E-state index in [9.17, 15) is 5.11 Å². The fraction of sp³-hybridized carbons (Fsp3) is 0.375. The number of hydrogen-bond acceptors (Lipinski definition) is 3. The quantitative estimate of drug-likeness (QED) is 0.896. The van der Waals surface area contributed by atoms with E-state index in [1.807, 2.05) is 6.92 Å². The van der Waals surface area contributed by atoms with Crippen molar-refractivity contribution < 1.29 is 5.11 Å². The second-order valence-corrected chi connectivity index (χ2v) is 5.32. The van der Waals surface area contributed by atoms with Crippen molar-refractivity contribution in [3.8, 4) is 0 Å². The first kappa shape index (κ1) is 12.3. The molecule has 1 aromatic carbocycles. The summed E-state index contributed by atoms with van der Waals surface area (Å²) in [6.45, 7) is 3.69. The van der Waals surface area contributed by atoms with E-state index in [2.05, 4.69) is 34.2 Å². The average molecular weight is 254 g/mol. The molecule has 0 bridgehead atoms. The lowest BCUT2D eigenvalue weighted by atomic mass is 10.0. The Labute approximate surface area is 113 Å². The van der Waals surface area contributed by atoms with Crippen LogP contribution in [0.5, 0.6) is 0 Å². The summed E-state index contributed by atoms with van der Waals surface area (Å²) >= 11 is 0. The highest BCUT2D eigenvalue weighted by atomic mass is 16.3. The van der Waals surface area contributed by atoms with Gasteiger partial charge < -0.3 is 5.11 Å². The van der Waals surface area contributed by atoms with Crippen LogP contribution in [-0.4, -0.2) is 15.1 Å². The molecule has 0 aliphatic heterocycles. The maximum absolute atomic E-state index is 9.62. The number of rotatable bonds is 2. The first-order valence-electron chi connectivity index (χ1n) is 6.73. The molecule has 1 N–H and O–H groups in total. The van der Waals surface area contributed by atoms with Crippen LogP contribution >= 0.6 is 0 Å². The van der Waals surface area contributed by atoms with Gasteiger partial charge in [0.1, 0.15) is 5.82 Å². The summed E-state index contributed by atoms with van der Waals surface area (Å²) in [6.07, 6.45) is 3.30. The lowest BCUT2D eigenvalue weighted by molar-refractivity contribution is 0.197. The Morgan fingerprint density at radius 2 is 1.84 bits per heavy atom. The molecule has 3 rings (SSSR count). The normalized spacial score (nSPS) is 16.4. The van der Waals surface area contributed by atoms with Crippen molar-refractivity contribution >= 4 is 0 Å². The van der Waals surface area contributed by atoms with Gasteiger partial charge in [-0.25, -0.2) is 9.97 Å². The standard InChI is InChI=1S/C16H18N2O/c1-10-15(11(2)19)9-17-16(18-10)14-7-12-5-3-4-6-13(12)8-14/h3-6,9,11,14,19H,7-8H2,1-2H3. The minimum atomic E-state index is -0.505. The summed E-state index contributed by atoms with van der Waals surface area (Å²) in [7, 11) is 0. The molecular formula is C16H18N2O. The van der Waals surface area contributed by atoms with E-state index < -0.39 is 6.10 Å². The highest BCUT2D eigenvalue weighted by Crippen LogP contribution is 2.32. The van der Waals surface area contributed by atoms with Gasteiger partial charge in [0.25, 0.3) is 0 Å². The van der Waals surface area contributed by atoms with Gasteiger partial charge in [0, 0.05) is 23.4 Å². The zero-order valence-corrected chi connectivity index (χ0v) is 11.3. The van der Waals surface area contributed by atoms with Crippen LogP contribution in [0.3, 0.4) is 0 Å². The number of hydrogen-bond donors (Lipinski definition) is 1. The predicted octanol–water partition coefficient (Wildman–Crippen LogP) is 2.72. The molecule has 1 atom stereocenters. The number of aliphatic hydroxyl groups excluding tert-OH is 1. The second kappa shape index (κ2) is 4.74. The number of nitrogens with zero attached hydrogens (tertiary/aromatic N) is 2. The summed E-state index contributed by atoms with van der Waals surface area (Å²) in [4.78, 5) is 9.04. The lowest BCUT2D eigenvalue weighted by Gasteiger charge is -2.12. The Bertz CT molecular complexity index is 582. The SMILES string of the molecule is Cc1nc(C2Cc3ccccc3C2)ncc1C(C)O. The third-order valence-corrected chi connectivity index (χ3v) is 3.90. The third kappa shape index (κ3) is 2.26. The fourth-order valence-corrected chi connectivity index (χ4v) is 2.84. The van der Waals surface area contributed by atoms with Crippen molar-refractivity contribution in [3.05, 3.63) is 58.7 Å². The molecule has 1 unspecified atom stereocenters. The molecule has 1 heterocycles. The Morgan fingerprint density at radius 1 is 1.21 bits per heavy atom. The average Bonchev–Trinajstić information content (AvgIpc) is 2.81. The summed E-state index contributed by atoms with van der Waals surface area (Å²) < 4.78 is 0. The number of aliphatic hydroxyl groups is 1. The van der Waals surface area contributed by atoms with Gasteiger partial charge in [0.2, 0.25) is 0 Å². The van der Waals surface area contributed by atoms with Crippen LogP contribution in [0.2, 0.25) is 0 Å². The molecule has 0 spiro atoms. The highest BCUT2D eigenvalue weighted by molar-refractivity contribution is 5.35. The van der Waals surface area contributed by atoms with Crippen LogP contribution < -0.4 is 0 Å². The molecule has 3 heteroatoms. The maximum atomic E-state index is 9.62. The molecular weight excluding hydrogens is 236 g/mol. The molecule has 1 aliphatic carbocycles. The Kier molecular flexibility index (Phi) is 3.07. The van der Waals surface area contributed by atoms with E-state index in [4.69, 9.17) is 0 Å². The summed E-state index contributed by atoms with van der Waals surface area (Å²) in [5.74, 6) is 1.28. The molecule has 19 heavy (non-hydrogen) atoms. The topological polar surface area (TPSA) is 46.0 Å². The zero-order valence-electron chi connectivity index (χ0n) is 11.3. The van der Waals surface area contributed by atoms with E-state index in [1.165, 1.54) is 11.1 Å². The zero-order chi connectivity index (χ0) is 13.4. The van der Waals surface area contributed by atoms with Crippen LogP contribution in [0.4, 0.5) is 0 Å². The van der Waals surface area contributed by atoms with E-state index in [0.717, 1.165) is 29.9 Å². The van der Waals surface area contributed by atoms with Gasteiger partial charge in [-0.3, -0.25) is 0 Å². The summed E-state index contributed by atoms with van der Waals surface area (Å²) in [6, 6.07) is 8.55. The molecule has 0 saturated carbocycles. The van der Waals surface area contributed by atoms with E-state index in [1.54, 1.807) is 13.1 Å². The molecule has 98 valence electrons. The maximum Gasteiger partial charge on any atom is 0.132 e. The number of benzene rings is 1. The molecule has 0 radical (unpaired) electrons. The monoisotopic (exact) mass is 254 g/mol. The van der Waals surface area contributed by atoms with Gasteiger partial charge in [-0.05, 0) is 37.8 Å². The number of fused-ring (bicyclic) bond motifs is 1. The van der Waals surface area contributed by atoms with Crippen molar-refractivity contribution in [1.82, 2.24) is 9.97 Å². The molecule has 0 fully saturated rings. The van der Waals surface area contributed by atoms with E-state index in [-0.39, 0.29) is 0 Å². The molecule has 2 aromatic rings. The fourth-order valence-electron chi connectivity index (χ4n) is 2.84. The molecule has 3 nitrogen and oxygen atoms in total. The molecule has 0 saturated heterocycles. The minimum Gasteiger partial charge on any atom is -0.389 e. The van der Waals surface area contributed by atoms with Crippen LogP contribution in [0.1, 0.15) is 47.2 Å². The van der Waals surface area contributed by atoms with E-state index >= 15 is 0 Å². The molecule has 1 aliphatic rings. The Morgan fingerprint density at radius 3 is 2.37 bits per heavy atom. The summed E-state index contributed by atoms with van der Waals surface area (Å²) in [5, 5.41) is 9.62. The van der Waals surface area contributed by atoms with Gasteiger partial charge in [-0.1, -0.05) is 24.3 Å². The van der Waals surface area contributed by atoms with Crippen molar-refractivity contribution in [2.45, 2.75) is 38.7 Å². The molecule has 0 amide bonds. The Balaban J connectivity index is 1.88. The predicted molar refractivity (Wildman–Crippen MR) is 74.0 cm³/mol. The van der Waals surface area contributed by atoms with Crippen molar-refractivity contribution in [2.75, 3.05) is 0 Å². The smallest absolute Gasteiger partial charge is 0.132 e. The number of aromatic nitrogens is 2. The van der Waals surface area contributed by atoms with Crippen molar-refractivity contribution in [2.24, 2.45) is 0 Å². The summed E-state index contributed by atoms with van der Waals surface area (Å²) in [5.41, 5.74) is 4.52. The Hall–Kier alpha value is -1.74. The van der Waals surface area contributed by atoms with Gasteiger partial charge in [0.05, 0.1) is 6.10 Å². The highest BCUT2D eigenvalue weighted by Gasteiger charge is 2.25. The largest absolute Gasteiger partial charge is 0.389 e. The first-order chi connectivity index (χ1) is 9.15. The van der Waals surface area contributed by atoms with E-state index in [0.29, 0.717) is 5.92 Å². The van der Waals surface area contributed by atoms with Crippen LogP contribution in [-0.2, 0) is 12.8 Å². The molecule has 1 aromatic heterocycles. The van der Waals surface area contributed by atoms with Gasteiger partial charge >= 0.3 is 0 Å². The van der Waals surface area contributed by atoms with Crippen molar-refractivity contribution in [1.29, 1.82) is 0 Å². The van der Waals surface area contributed by atoms with Crippen LogP contribution in [0.15, 0.2) is 30.5 Å². The minimum absolute atomic E-state index is 0.374. The lowest BCUT2D eigenvalue weighted by Crippen LogP contribution is -2.08. The van der Waals surface area contributed by atoms with Crippen LogP contribution in [0.25, 0.3) is 0 Å². The van der Waals surface area contributed by atoms with Crippen LogP contribution in [0, 0.1) is 6.92 Å². The number of aryl methyl sites for hydroxylation is 1. The van der Waals surface area contributed by atoms with Gasteiger partial charge in [0.15, 0.2) is 0 Å². The van der Waals surface area contributed by atoms with Gasteiger partial charge in [-0.15, -0.1) is 0 Å². The second-order valence-electron chi connectivity index (χ2n) is 5.32. The first-order valence-corrected chi connectivity index (χ1v) is 6.73. The third-order valence-electron chi connectivity index (χ3n) is 3.90.